The van der Waals surface area contributed by atoms with Crippen molar-refractivity contribution in [3.05, 3.63) is 68.8 Å². The van der Waals surface area contributed by atoms with Gasteiger partial charge in [-0.05, 0) is 30.3 Å². The van der Waals surface area contributed by atoms with Gasteiger partial charge >= 0.3 is 0 Å². The van der Waals surface area contributed by atoms with Gasteiger partial charge in [0.05, 0.1) is 15.7 Å². The second-order valence-corrected chi connectivity index (χ2v) is 4.26. The first-order valence-electron chi connectivity index (χ1n) is 4.98. The van der Waals surface area contributed by atoms with Gasteiger partial charge in [-0.3, -0.25) is 4.79 Å². The van der Waals surface area contributed by atoms with Crippen LogP contribution in [0.15, 0.2) is 53.3 Å². The highest BCUT2D eigenvalue weighted by Gasteiger charge is 2.01. The summed E-state index contributed by atoms with van der Waals surface area (Å²) in [6.45, 7) is 0. The van der Waals surface area contributed by atoms with E-state index in [-0.39, 0.29) is 5.43 Å². The van der Waals surface area contributed by atoms with E-state index in [1.807, 2.05) is 0 Å². The lowest BCUT2D eigenvalue weighted by atomic mass is 10.3. The standard InChI is InChI=1S/C13H9Cl2NO/c14-10-7-6-9(8-11(10)15)16-12-4-2-1-3-5-13(12)17/h1-8H,(H,16,17). The molecule has 0 amide bonds. The maximum atomic E-state index is 11.7. The molecule has 2 aromatic carbocycles. The monoisotopic (exact) mass is 265 g/mol. The largest absolute Gasteiger partial charge is 0.352 e. The molecule has 0 saturated heterocycles. The van der Waals surface area contributed by atoms with Crippen LogP contribution < -0.4 is 10.7 Å². The summed E-state index contributed by atoms with van der Waals surface area (Å²) in [5.41, 5.74) is 1.14. The molecule has 0 saturated carbocycles. The van der Waals surface area contributed by atoms with Gasteiger partial charge in [-0.15, -0.1) is 0 Å². The first-order chi connectivity index (χ1) is 8.16. The van der Waals surface area contributed by atoms with E-state index in [1.54, 1.807) is 42.5 Å². The van der Waals surface area contributed by atoms with Crippen molar-refractivity contribution in [3.8, 4) is 0 Å². The maximum Gasteiger partial charge on any atom is 0.201 e. The highest BCUT2D eigenvalue weighted by atomic mass is 35.5. The number of rotatable bonds is 2. The molecule has 0 fully saturated rings. The number of hydrogen-bond acceptors (Lipinski definition) is 2. The van der Waals surface area contributed by atoms with Crippen LogP contribution in [0.2, 0.25) is 10.0 Å². The van der Waals surface area contributed by atoms with E-state index in [0.717, 1.165) is 5.69 Å². The fraction of sp³-hybridized carbons (Fsp3) is 0. The van der Waals surface area contributed by atoms with E-state index >= 15 is 0 Å². The van der Waals surface area contributed by atoms with Crippen molar-refractivity contribution in [2.45, 2.75) is 0 Å². The molecule has 17 heavy (non-hydrogen) atoms. The van der Waals surface area contributed by atoms with Crippen molar-refractivity contribution in [2.75, 3.05) is 5.32 Å². The second-order valence-electron chi connectivity index (χ2n) is 3.44. The van der Waals surface area contributed by atoms with Gasteiger partial charge in [-0.2, -0.15) is 0 Å². The topological polar surface area (TPSA) is 29.1 Å². The highest BCUT2D eigenvalue weighted by molar-refractivity contribution is 6.42. The van der Waals surface area contributed by atoms with Crippen LogP contribution in [-0.4, -0.2) is 0 Å². The lowest BCUT2D eigenvalue weighted by Gasteiger charge is -2.05. The first-order valence-corrected chi connectivity index (χ1v) is 5.74. The Balaban J connectivity index is 2.36. The molecule has 0 aromatic heterocycles. The second kappa shape index (κ2) is 5.21. The Bertz CT molecular complexity index is 599. The molecule has 0 spiro atoms. The van der Waals surface area contributed by atoms with Gasteiger partial charge in [0, 0.05) is 5.69 Å². The predicted molar refractivity (Wildman–Crippen MR) is 72.5 cm³/mol. The van der Waals surface area contributed by atoms with Crippen LogP contribution in [0.5, 0.6) is 0 Å². The molecular weight excluding hydrogens is 257 g/mol. The van der Waals surface area contributed by atoms with Crippen molar-refractivity contribution in [1.29, 1.82) is 0 Å². The maximum absolute atomic E-state index is 11.7. The molecule has 2 nitrogen and oxygen atoms in total. The fourth-order valence-electron chi connectivity index (χ4n) is 1.36. The van der Waals surface area contributed by atoms with E-state index in [9.17, 15) is 4.79 Å². The smallest absolute Gasteiger partial charge is 0.201 e. The van der Waals surface area contributed by atoms with E-state index in [0.29, 0.717) is 15.7 Å². The molecule has 86 valence electrons. The summed E-state index contributed by atoms with van der Waals surface area (Å²) in [5, 5.41) is 3.94. The van der Waals surface area contributed by atoms with Gasteiger partial charge in [-0.1, -0.05) is 41.4 Å². The number of anilines is 2. The Morgan fingerprint density at radius 2 is 1.65 bits per heavy atom. The summed E-state index contributed by atoms with van der Waals surface area (Å²) in [4.78, 5) is 11.7. The van der Waals surface area contributed by atoms with Crippen molar-refractivity contribution >= 4 is 34.6 Å². The van der Waals surface area contributed by atoms with Crippen molar-refractivity contribution in [1.82, 2.24) is 0 Å². The molecule has 0 aliphatic carbocycles. The summed E-state index contributed by atoms with van der Waals surface area (Å²) in [5.74, 6) is 0. The average Bonchev–Trinajstić information content (AvgIpc) is 2.50. The Hall–Kier alpha value is -1.51. The Kier molecular flexibility index (Phi) is 3.67. The number of nitrogens with one attached hydrogen (secondary N) is 1. The van der Waals surface area contributed by atoms with Gasteiger partial charge in [0.2, 0.25) is 5.43 Å². The van der Waals surface area contributed by atoms with Gasteiger partial charge < -0.3 is 5.32 Å². The Morgan fingerprint density at radius 1 is 0.882 bits per heavy atom. The highest BCUT2D eigenvalue weighted by Crippen LogP contribution is 2.26. The minimum absolute atomic E-state index is 0.0823. The summed E-state index contributed by atoms with van der Waals surface area (Å²) >= 11 is 11.7. The van der Waals surface area contributed by atoms with E-state index < -0.39 is 0 Å². The minimum atomic E-state index is -0.0823. The van der Waals surface area contributed by atoms with Crippen molar-refractivity contribution < 1.29 is 0 Å². The number of benzene rings is 1. The normalized spacial score (nSPS) is 10.0. The zero-order valence-corrected chi connectivity index (χ0v) is 10.3. The van der Waals surface area contributed by atoms with Crippen molar-refractivity contribution in [3.63, 3.8) is 0 Å². The first kappa shape index (κ1) is 12.0. The molecule has 0 unspecified atom stereocenters. The lowest BCUT2D eigenvalue weighted by Crippen LogP contribution is -2.03. The SMILES string of the molecule is O=c1cccccc1Nc1ccc(Cl)c(Cl)c1. The predicted octanol–water partition coefficient (Wildman–Crippen LogP) is 4.10. The van der Waals surface area contributed by atoms with Gasteiger partial charge in [0.1, 0.15) is 0 Å². The fourth-order valence-corrected chi connectivity index (χ4v) is 1.66. The zero-order chi connectivity index (χ0) is 12.3. The molecule has 0 bridgehead atoms. The Morgan fingerprint density at radius 3 is 2.41 bits per heavy atom. The summed E-state index contributed by atoms with van der Waals surface area (Å²) in [6, 6.07) is 13.6. The van der Waals surface area contributed by atoms with Gasteiger partial charge in [-0.25, -0.2) is 0 Å². The average molecular weight is 266 g/mol. The van der Waals surface area contributed by atoms with Gasteiger partial charge in [0.15, 0.2) is 0 Å². The van der Waals surface area contributed by atoms with Crippen LogP contribution in [0.25, 0.3) is 0 Å². The molecule has 1 N–H and O–H groups in total. The zero-order valence-electron chi connectivity index (χ0n) is 8.78. The van der Waals surface area contributed by atoms with Crippen LogP contribution in [0.3, 0.4) is 0 Å². The molecule has 2 rings (SSSR count). The molecule has 4 heteroatoms. The number of halogens is 2. The molecule has 2 aromatic rings. The van der Waals surface area contributed by atoms with Crippen molar-refractivity contribution in [2.24, 2.45) is 0 Å². The van der Waals surface area contributed by atoms with Gasteiger partial charge in [0.25, 0.3) is 0 Å². The molecule has 0 heterocycles. The molecule has 0 aliphatic heterocycles. The molecular formula is C13H9Cl2NO. The lowest BCUT2D eigenvalue weighted by molar-refractivity contribution is 1.53. The quantitative estimate of drug-likeness (QED) is 0.886. The molecule has 0 atom stereocenters. The molecule has 0 radical (unpaired) electrons. The van der Waals surface area contributed by atoms with E-state index in [2.05, 4.69) is 5.32 Å². The summed E-state index contributed by atoms with van der Waals surface area (Å²) in [7, 11) is 0. The third-order valence-corrected chi connectivity index (χ3v) is 2.94. The van der Waals surface area contributed by atoms with Crippen LogP contribution in [0.1, 0.15) is 0 Å². The molecule has 0 aliphatic rings. The van der Waals surface area contributed by atoms with Crippen LogP contribution in [0.4, 0.5) is 11.4 Å². The van der Waals surface area contributed by atoms with Crippen LogP contribution in [0, 0.1) is 0 Å². The number of hydrogen-bond donors (Lipinski definition) is 1. The third kappa shape index (κ3) is 2.99. The minimum Gasteiger partial charge on any atom is -0.352 e. The Labute approximate surface area is 109 Å². The summed E-state index contributed by atoms with van der Waals surface area (Å²) in [6.07, 6.45) is 0. The van der Waals surface area contributed by atoms with Crippen LogP contribution in [-0.2, 0) is 0 Å². The van der Waals surface area contributed by atoms with E-state index in [4.69, 9.17) is 23.2 Å². The third-order valence-electron chi connectivity index (χ3n) is 2.20. The summed E-state index contributed by atoms with van der Waals surface area (Å²) < 4.78 is 0. The van der Waals surface area contributed by atoms with Crippen LogP contribution >= 0.6 is 23.2 Å². The van der Waals surface area contributed by atoms with E-state index in [1.165, 1.54) is 6.07 Å².